The van der Waals surface area contributed by atoms with E-state index in [9.17, 15) is 4.79 Å². The maximum Gasteiger partial charge on any atom is 0.170 e. The lowest BCUT2D eigenvalue weighted by Crippen LogP contribution is -1.89. The molecule has 0 amide bonds. The van der Waals surface area contributed by atoms with Crippen molar-refractivity contribution < 1.29 is 4.79 Å². The third-order valence-electron chi connectivity index (χ3n) is 0.456. The predicted octanol–water partition coefficient (Wildman–Crippen LogP) is 0.666. The van der Waals surface area contributed by atoms with E-state index in [0.29, 0.717) is 6.54 Å². The quantitative estimate of drug-likeness (QED) is 0.468. The second-order valence-corrected chi connectivity index (χ2v) is 1.24. The lowest BCUT2D eigenvalue weighted by atomic mass is 10.5. The highest BCUT2D eigenvalue weighted by atomic mass is 16.1. The van der Waals surface area contributed by atoms with Crippen LogP contribution in [-0.2, 0) is 4.79 Å². The van der Waals surface area contributed by atoms with Gasteiger partial charge in [0.1, 0.15) is 0 Å². The van der Waals surface area contributed by atoms with Crippen LogP contribution in [0, 0.1) is 0 Å². The predicted molar refractivity (Wildman–Crippen MR) is 29.7 cm³/mol. The molecule has 0 aromatic carbocycles. The number of nitrogens with zero attached hydrogens (tertiary/aromatic N) is 1. The van der Waals surface area contributed by atoms with Crippen molar-refractivity contribution in [2.45, 2.75) is 13.8 Å². The molecule has 0 aromatic rings. The third-order valence-corrected chi connectivity index (χ3v) is 0.456. The summed E-state index contributed by atoms with van der Waals surface area (Å²) in [5.41, 5.74) is 0. The molecule has 0 aliphatic heterocycles. The van der Waals surface area contributed by atoms with Crippen molar-refractivity contribution in [3.05, 3.63) is 0 Å². The van der Waals surface area contributed by atoms with Gasteiger partial charge in [-0.15, -0.1) is 0 Å². The summed E-state index contributed by atoms with van der Waals surface area (Å²) in [6.45, 7) is 4.07. The van der Waals surface area contributed by atoms with E-state index in [0.717, 1.165) is 0 Å². The SMILES string of the molecule is CCN=CC(C)=O. The van der Waals surface area contributed by atoms with Crippen molar-refractivity contribution in [3.8, 4) is 0 Å². The number of aliphatic imine (C=N–C) groups is 1. The van der Waals surface area contributed by atoms with Crippen molar-refractivity contribution in [2.75, 3.05) is 6.54 Å². The van der Waals surface area contributed by atoms with Gasteiger partial charge >= 0.3 is 0 Å². The smallest absolute Gasteiger partial charge is 0.170 e. The zero-order chi connectivity index (χ0) is 5.70. The lowest BCUT2D eigenvalue weighted by molar-refractivity contribution is -0.110. The number of hydrogen-bond acceptors (Lipinski definition) is 2. The number of carbonyl (C=O) groups is 1. The molecular weight excluding hydrogens is 90.1 g/mol. The fraction of sp³-hybridized carbons (Fsp3) is 0.600. The van der Waals surface area contributed by atoms with Gasteiger partial charge in [-0.1, -0.05) is 0 Å². The summed E-state index contributed by atoms with van der Waals surface area (Å²) >= 11 is 0. The Labute approximate surface area is 43.3 Å². The van der Waals surface area contributed by atoms with Gasteiger partial charge in [-0.3, -0.25) is 9.79 Å². The normalized spacial score (nSPS) is 10.0. The minimum Gasteiger partial charge on any atom is -0.293 e. The van der Waals surface area contributed by atoms with Gasteiger partial charge in [0.05, 0.1) is 6.21 Å². The third kappa shape index (κ3) is 5.34. The first-order valence-electron chi connectivity index (χ1n) is 2.27. The first-order chi connectivity index (χ1) is 3.27. The van der Waals surface area contributed by atoms with Crippen LogP contribution < -0.4 is 0 Å². The molecule has 0 fully saturated rings. The molecule has 0 rings (SSSR count). The van der Waals surface area contributed by atoms with Crippen LogP contribution in [0.3, 0.4) is 0 Å². The summed E-state index contributed by atoms with van der Waals surface area (Å²) in [4.78, 5) is 13.8. The van der Waals surface area contributed by atoms with E-state index in [2.05, 4.69) is 4.99 Å². The van der Waals surface area contributed by atoms with Gasteiger partial charge in [0.2, 0.25) is 0 Å². The Bertz CT molecular complexity index is 86.1. The summed E-state index contributed by atoms with van der Waals surface area (Å²) in [5, 5.41) is 0. The minimum atomic E-state index is 0.0156. The fourth-order valence-corrected chi connectivity index (χ4v) is 0.220. The van der Waals surface area contributed by atoms with Crippen molar-refractivity contribution >= 4 is 12.0 Å². The zero-order valence-corrected chi connectivity index (χ0v) is 4.64. The van der Waals surface area contributed by atoms with Gasteiger partial charge in [-0.2, -0.15) is 0 Å². The Morgan fingerprint density at radius 1 is 1.86 bits per heavy atom. The zero-order valence-electron chi connectivity index (χ0n) is 4.64. The fourth-order valence-electron chi connectivity index (χ4n) is 0.220. The molecule has 0 bridgehead atoms. The highest BCUT2D eigenvalue weighted by Gasteiger charge is 1.76. The van der Waals surface area contributed by atoms with Crippen molar-refractivity contribution in [2.24, 2.45) is 4.99 Å². The first kappa shape index (κ1) is 6.34. The molecule has 0 saturated heterocycles. The monoisotopic (exact) mass is 99.1 g/mol. The number of rotatable bonds is 2. The summed E-state index contributed by atoms with van der Waals surface area (Å²) < 4.78 is 0. The maximum absolute atomic E-state index is 10.1. The summed E-state index contributed by atoms with van der Waals surface area (Å²) in [7, 11) is 0. The van der Waals surface area contributed by atoms with Crippen LogP contribution in [0.5, 0.6) is 0 Å². The van der Waals surface area contributed by atoms with Gasteiger partial charge in [-0.25, -0.2) is 0 Å². The molecule has 0 spiro atoms. The van der Waals surface area contributed by atoms with E-state index in [-0.39, 0.29) is 5.78 Å². The van der Waals surface area contributed by atoms with Crippen LogP contribution in [0.4, 0.5) is 0 Å². The summed E-state index contributed by atoms with van der Waals surface area (Å²) in [6, 6.07) is 0. The molecule has 0 aromatic heterocycles. The van der Waals surface area contributed by atoms with Gasteiger partial charge < -0.3 is 0 Å². The largest absolute Gasteiger partial charge is 0.293 e. The van der Waals surface area contributed by atoms with Gasteiger partial charge in [0.25, 0.3) is 0 Å². The molecular formula is C5H9NO. The Morgan fingerprint density at radius 3 is 2.57 bits per heavy atom. The van der Waals surface area contributed by atoms with Crippen LogP contribution in [0.15, 0.2) is 4.99 Å². The summed E-state index contributed by atoms with van der Waals surface area (Å²) in [5.74, 6) is 0.0156. The van der Waals surface area contributed by atoms with Crippen molar-refractivity contribution in [1.82, 2.24) is 0 Å². The average molecular weight is 99.1 g/mol. The molecule has 0 atom stereocenters. The van der Waals surface area contributed by atoms with Crippen molar-refractivity contribution in [1.29, 1.82) is 0 Å². The topological polar surface area (TPSA) is 29.4 Å². The molecule has 2 heteroatoms. The number of Topliss-reactive ketones (excluding diaryl/α,β-unsaturated/α-hetero) is 1. The maximum atomic E-state index is 10.1. The highest BCUT2D eigenvalue weighted by molar-refractivity contribution is 6.26. The Balaban J connectivity index is 3.26. The van der Waals surface area contributed by atoms with Crippen LogP contribution in [0.2, 0.25) is 0 Å². The first-order valence-corrected chi connectivity index (χ1v) is 2.27. The Morgan fingerprint density at radius 2 is 2.43 bits per heavy atom. The van der Waals surface area contributed by atoms with Gasteiger partial charge in [0.15, 0.2) is 5.78 Å². The molecule has 40 valence electrons. The van der Waals surface area contributed by atoms with E-state index in [1.165, 1.54) is 13.1 Å². The van der Waals surface area contributed by atoms with Crippen molar-refractivity contribution in [3.63, 3.8) is 0 Å². The second-order valence-electron chi connectivity index (χ2n) is 1.24. The molecule has 2 nitrogen and oxygen atoms in total. The molecule has 7 heavy (non-hydrogen) atoms. The standard InChI is InChI=1S/C5H9NO/c1-3-6-4-5(2)7/h4H,3H2,1-2H3. The Kier molecular flexibility index (Phi) is 3.19. The molecule has 0 heterocycles. The molecule has 0 unspecified atom stereocenters. The van der Waals surface area contributed by atoms with E-state index in [1.54, 1.807) is 0 Å². The molecule has 0 saturated carbocycles. The van der Waals surface area contributed by atoms with E-state index in [1.807, 2.05) is 6.92 Å². The van der Waals surface area contributed by atoms with Crippen LogP contribution in [0.25, 0.3) is 0 Å². The lowest BCUT2D eigenvalue weighted by Gasteiger charge is -1.74. The van der Waals surface area contributed by atoms with Gasteiger partial charge in [-0.05, 0) is 6.92 Å². The Hall–Kier alpha value is -0.660. The van der Waals surface area contributed by atoms with E-state index in [4.69, 9.17) is 0 Å². The molecule has 0 radical (unpaired) electrons. The average Bonchev–Trinajstić information content (AvgIpc) is 1.61. The molecule has 0 aliphatic rings. The van der Waals surface area contributed by atoms with Crippen LogP contribution in [-0.4, -0.2) is 18.5 Å². The van der Waals surface area contributed by atoms with Crippen LogP contribution in [0.1, 0.15) is 13.8 Å². The van der Waals surface area contributed by atoms with E-state index < -0.39 is 0 Å². The molecule has 0 aliphatic carbocycles. The second kappa shape index (κ2) is 3.53. The highest BCUT2D eigenvalue weighted by Crippen LogP contribution is 1.63. The molecule has 0 N–H and O–H groups in total. The summed E-state index contributed by atoms with van der Waals surface area (Å²) in [6.07, 6.45) is 1.33. The number of ketones is 1. The van der Waals surface area contributed by atoms with Gasteiger partial charge in [0, 0.05) is 13.5 Å². The number of hydrogen-bond donors (Lipinski definition) is 0. The van der Waals surface area contributed by atoms with Crippen LogP contribution >= 0.6 is 0 Å². The number of carbonyl (C=O) groups excluding carboxylic acids is 1. The van der Waals surface area contributed by atoms with E-state index >= 15 is 0 Å². The minimum absolute atomic E-state index is 0.0156.